The van der Waals surface area contributed by atoms with Crippen molar-refractivity contribution >= 4 is 39.8 Å². The third-order valence-electron chi connectivity index (χ3n) is 4.00. The first kappa shape index (κ1) is 24.6. The van der Waals surface area contributed by atoms with Crippen molar-refractivity contribution in [1.82, 2.24) is 0 Å². The Labute approximate surface area is 187 Å². The first-order valence-corrected chi connectivity index (χ1v) is 10.1. The van der Waals surface area contributed by atoms with E-state index >= 15 is 0 Å². The van der Waals surface area contributed by atoms with Crippen molar-refractivity contribution in [3.63, 3.8) is 0 Å². The van der Waals surface area contributed by atoms with Gasteiger partial charge in [-0.15, -0.1) is 0 Å². The molecule has 0 radical (unpaired) electrons. The standard InChI is InChI=1S/C20H23BrO10/c1-10(22)26-9-16-17(27-11(2)23)18(28-12(3)24)19(29-13(4)25)20(31-16)30-15-7-5-6-14(21)8-15/h5-8,16-20H,9H2,1-4H3/t16-,17-,18+,19-,20+/m1/s1. The number of halogens is 1. The molecule has 2 rings (SSSR count). The highest BCUT2D eigenvalue weighted by atomic mass is 79.9. The van der Waals surface area contributed by atoms with E-state index in [1.165, 1.54) is 6.92 Å². The number of hydrogen-bond acceptors (Lipinski definition) is 10. The molecule has 0 spiro atoms. The van der Waals surface area contributed by atoms with Gasteiger partial charge in [0.15, 0.2) is 12.2 Å². The van der Waals surface area contributed by atoms with Crippen LogP contribution in [0.5, 0.6) is 5.75 Å². The predicted molar refractivity (Wildman–Crippen MR) is 107 cm³/mol. The fourth-order valence-corrected chi connectivity index (χ4v) is 3.34. The van der Waals surface area contributed by atoms with Crippen molar-refractivity contribution in [1.29, 1.82) is 0 Å². The topological polar surface area (TPSA) is 124 Å². The van der Waals surface area contributed by atoms with Crippen LogP contribution in [0.3, 0.4) is 0 Å². The maximum atomic E-state index is 11.8. The molecule has 31 heavy (non-hydrogen) atoms. The van der Waals surface area contributed by atoms with Crippen LogP contribution in [0.25, 0.3) is 0 Å². The molecule has 0 N–H and O–H groups in total. The van der Waals surface area contributed by atoms with Crippen molar-refractivity contribution < 1.29 is 47.6 Å². The smallest absolute Gasteiger partial charge is 0.303 e. The number of hydrogen-bond donors (Lipinski definition) is 0. The molecule has 0 aliphatic carbocycles. The summed E-state index contributed by atoms with van der Waals surface area (Å²) in [5, 5.41) is 0. The molecule has 1 aliphatic rings. The van der Waals surface area contributed by atoms with Crippen LogP contribution in [0.2, 0.25) is 0 Å². The second kappa shape index (κ2) is 11.1. The minimum absolute atomic E-state index is 0.323. The van der Waals surface area contributed by atoms with Gasteiger partial charge in [0.2, 0.25) is 12.4 Å². The normalized spacial score (nSPS) is 25.1. The SMILES string of the molecule is CC(=O)OC[C@H]1O[C@H](Oc2cccc(Br)c2)[C@H](OC(C)=O)[C@@H](OC(C)=O)[C@@H]1OC(C)=O. The van der Waals surface area contributed by atoms with E-state index in [-0.39, 0.29) is 6.61 Å². The summed E-state index contributed by atoms with van der Waals surface area (Å²) in [6.45, 7) is 4.34. The van der Waals surface area contributed by atoms with Gasteiger partial charge < -0.3 is 28.4 Å². The third kappa shape index (κ3) is 7.51. The number of carbonyl (C=O) groups excluding carboxylic acids is 4. The van der Waals surface area contributed by atoms with Gasteiger partial charge in [0, 0.05) is 32.2 Å². The van der Waals surface area contributed by atoms with Gasteiger partial charge in [-0.1, -0.05) is 22.0 Å². The zero-order valence-corrected chi connectivity index (χ0v) is 18.9. The van der Waals surface area contributed by atoms with Gasteiger partial charge >= 0.3 is 23.9 Å². The molecule has 1 heterocycles. The van der Waals surface area contributed by atoms with E-state index in [1.54, 1.807) is 24.3 Å². The van der Waals surface area contributed by atoms with Crippen LogP contribution in [0.4, 0.5) is 0 Å². The van der Waals surface area contributed by atoms with Crippen LogP contribution in [0.15, 0.2) is 28.7 Å². The highest BCUT2D eigenvalue weighted by molar-refractivity contribution is 9.10. The molecule has 1 aromatic rings. The molecule has 0 saturated carbocycles. The first-order chi connectivity index (χ1) is 14.6. The first-order valence-electron chi connectivity index (χ1n) is 9.29. The van der Waals surface area contributed by atoms with Gasteiger partial charge in [0.1, 0.15) is 18.5 Å². The highest BCUT2D eigenvalue weighted by Gasteiger charge is 2.53. The van der Waals surface area contributed by atoms with Gasteiger partial charge in [-0.05, 0) is 18.2 Å². The second-order valence-corrected chi connectivity index (χ2v) is 7.56. The average molecular weight is 503 g/mol. The van der Waals surface area contributed by atoms with Crippen molar-refractivity contribution in [3.8, 4) is 5.75 Å². The Kier molecular flexibility index (Phi) is 8.81. The predicted octanol–water partition coefficient (Wildman–Crippen LogP) is 1.91. The molecular weight excluding hydrogens is 480 g/mol. The molecule has 1 fully saturated rings. The fraction of sp³-hybridized carbons (Fsp3) is 0.500. The van der Waals surface area contributed by atoms with Crippen LogP contribution in [0, 0.1) is 0 Å². The zero-order valence-electron chi connectivity index (χ0n) is 17.4. The van der Waals surface area contributed by atoms with Crippen molar-refractivity contribution in [2.75, 3.05) is 6.61 Å². The third-order valence-corrected chi connectivity index (χ3v) is 4.49. The number of ether oxygens (including phenoxy) is 6. The van der Waals surface area contributed by atoms with E-state index in [2.05, 4.69) is 15.9 Å². The molecule has 170 valence electrons. The minimum Gasteiger partial charge on any atom is -0.463 e. The molecule has 1 aromatic carbocycles. The Bertz CT molecular complexity index is 826. The van der Waals surface area contributed by atoms with Gasteiger partial charge in [0.05, 0.1) is 0 Å². The molecular formula is C20H23BrO10. The molecule has 1 aliphatic heterocycles. The minimum atomic E-state index is -1.28. The summed E-state index contributed by atoms with van der Waals surface area (Å²) < 4.78 is 33.4. The monoisotopic (exact) mass is 502 g/mol. The summed E-state index contributed by atoms with van der Waals surface area (Å²) in [5.41, 5.74) is 0. The largest absolute Gasteiger partial charge is 0.463 e. The molecule has 11 heteroatoms. The van der Waals surface area contributed by atoms with Gasteiger partial charge in [-0.2, -0.15) is 0 Å². The average Bonchev–Trinajstić information content (AvgIpc) is 2.64. The van der Waals surface area contributed by atoms with Gasteiger partial charge in [-0.25, -0.2) is 0 Å². The number of esters is 4. The lowest BCUT2D eigenvalue weighted by molar-refractivity contribution is -0.288. The van der Waals surface area contributed by atoms with Crippen LogP contribution >= 0.6 is 15.9 Å². The van der Waals surface area contributed by atoms with Crippen LogP contribution in [0.1, 0.15) is 27.7 Å². The quantitative estimate of drug-likeness (QED) is 0.403. The van der Waals surface area contributed by atoms with Crippen LogP contribution in [-0.2, 0) is 42.9 Å². The van der Waals surface area contributed by atoms with Crippen LogP contribution in [-0.4, -0.2) is 61.2 Å². The summed E-state index contributed by atoms with van der Waals surface area (Å²) >= 11 is 3.33. The number of rotatable bonds is 7. The van der Waals surface area contributed by atoms with E-state index < -0.39 is 54.6 Å². The molecule has 0 amide bonds. The molecule has 10 nitrogen and oxygen atoms in total. The lowest BCUT2D eigenvalue weighted by Crippen LogP contribution is -2.63. The maximum absolute atomic E-state index is 11.8. The Morgan fingerprint density at radius 1 is 0.871 bits per heavy atom. The Morgan fingerprint density at radius 3 is 2.00 bits per heavy atom. The van der Waals surface area contributed by atoms with Crippen molar-refractivity contribution in [2.45, 2.75) is 58.4 Å². The van der Waals surface area contributed by atoms with E-state index in [1.807, 2.05) is 0 Å². The van der Waals surface area contributed by atoms with Crippen LogP contribution < -0.4 is 4.74 Å². The molecule has 5 atom stereocenters. The molecule has 1 saturated heterocycles. The summed E-state index contributed by atoms with van der Waals surface area (Å²) in [4.78, 5) is 46.6. The van der Waals surface area contributed by atoms with Crippen molar-refractivity contribution in [3.05, 3.63) is 28.7 Å². The van der Waals surface area contributed by atoms with Crippen molar-refractivity contribution in [2.24, 2.45) is 0 Å². The zero-order chi connectivity index (χ0) is 23.1. The summed E-state index contributed by atoms with van der Waals surface area (Å²) in [6, 6.07) is 6.78. The highest BCUT2D eigenvalue weighted by Crippen LogP contribution is 2.31. The lowest BCUT2D eigenvalue weighted by atomic mass is 9.98. The Hall–Kier alpha value is -2.66. The molecule has 0 unspecified atom stereocenters. The van der Waals surface area contributed by atoms with Gasteiger partial charge in [0.25, 0.3) is 0 Å². The molecule has 0 bridgehead atoms. The van der Waals surface area contributed by atoms with E-state index in [4.69, 9.17) is 28.4 Å². The lowest BCUT2D eigenvalue weighted by Gasteiger charge is -2.43. The van der Waals surface area contributed by atoms with E-state index in [0.717, 1.165) is 25.2 Å². The number of carbonyl (C=O) groups is 4. The van der Waals surface area contributed by atoms with E-state index in [9.17, 15) is 19.2 Å². The summed E-state index contributed by atoms with van der Waals surface area (Å²) in [6.07, 6.45) is -6.13. The summed E-state index contributed by atoms with van der Waals surface area (Å²) in [5.74, 6) is -2.36. The van der Waals surface area contributed by atoms with E-state index in [0.29, 0.717) is 5.75 Å². The maximum Gasteiger partial charge on any atom is 0.303 e. The Balaban J connectivity index is 2.44. The number of benzene rings is 1. The second-order valence-electron chi connectivity index (χ2n) is 6.64. The van der Waals surface area contributed by atoms with Gasteiger partial charge in [-0.3, -0.25) is 19.2 Å². The molecule has 0 aromatic heterocycles. The Morgan fingerprint density at radius 2 is 1.45 bits per heavy atom. The fourth-order valence-electron chi connectivity index (χ4n) is 2.96. The summed E-state index contributed by atoms with van der Waals surface area (Å²) in [7, 11) is 0.